The molecule has 5 nitrogen and oxygen atoms in total. The van der Waals surface area contributed by atoms with Gasteiger partial charge in [0.2, 0.25) is 5.91 Å². The van der Waals surface area contributed by atoms with Gasteiger partial charge in [-0.3, -0.25) is 9.59 Å². The molecule has 0 saturated heterocycles. The second kappa shape index (κ2) is 6.16. The van der Waals surface area contributed by atoms with Gasteiger partial charge in [0.25, 0.3) is 5.56 Å². The number of nitrogens with zero attached hydrogens (tertiary/aromatic N) is 1. The Morgan fingerprint density at radius 1 is 1.04 bits per heavy atom. The molecule has 0 aliphatic heterocycles. The summed E-state index contributed by atoms with van der Waals surface area (Å²) in [5.41, 5.74) is 1.72. The lowest BCUT2D eigenvalue weighted by Gasteiger charge is -2.16. The number of carbonyl (C=O) groups excluding carboxylic acids is 1. The molecule has 25 heavy (non-hydrogen) atoms. The molecule has 1 fully saturated rings. The van der Waals surface area contributed by atoms with Gasteiger partial charge in [-0.05, 0) is 24.5 Å². The smallest absolute Gasteiger partial charge is 0.272 e. The van der Waals surface area contributed by atoms with E-state index in [9.17, 15) is 9.59 Å². The minimum atomic E-state index is -0.235. The van der Waals surface area contributed by atoms with Gasteiger partial charge in [-0.25, -0.2) is 5.10 Å². The van der Waals surface area contributed by atoms with Gasteiger partial charge in [0.1, 0.15) is 0 Å². The van der Waals surface area contributed by atoms with Gasteiger partial charge in [0.05, 0.1) is 17.5 Å². The lowest BCUT2D eigenvalue weighted by Crippen LogP contribution is -2.33. The summed E-state index contributed by atoms with van der Waals surface area (Å²) in [6.07, 6.45) is 2.34. The summed E-state index contributed by atoms with van der Waals surface area (Å²) in [7, 11) is 0. The van der Waals surface area contributed by atoms with Crippen LogP contribution in [0.3, 0.4) is 0 Å². The third-order valence-electron chi connectivity index (χ3n) is 4.97. The molecule has 1 heterocycles. The van der Waals surface area contributed by atoms with Gasteiger partial charge in [0.15, 0.2) is 0 Å². The zero-order valence-electron chi connectivity index (χ0n) is 13.8. The van der Waals surface area contributed by atoms with Crippen molar-refractivity contribution in [2.24, 2.45) is 0 Å². The number of hydrogen-bond donors (Lipinski definition) is 2. The van der Waals surface area contributed by atoms with Crippen LogP contribution in [0.4, 0.5) is 0 Å². The first kappa shape index (κ1) is 15.6. The van der Waals surface area contributed by atoms with E-state index in [1.165, 1.54) is 5.56 Å². The zero-order valence-corrected chi connectivity index (χ0v) is 13.8. The van der Waals surface area contributed by atoms with Crippen LogP contribution in [-0.2, 0) is 16.6 Å². The molecule has 3 aromatic rings. The summed E-state index contributed by atoms with van der Waals surface area (Å²) in [6, 6.07) is 17.5. The van der Waals surface area contributed by atoms with Crippen LogP contribution < -0.4 is 10.9 Å². The van der Waals surface area contributed by atoms with E-state index in [1.807, 2.05) is 30.3 Å². The van der Waals surface area contributed by atoms with Crippen molar-refractivity contribution >= 4 is 16.7 Å². The van der Waals surface area contributed by atoms with Gasteiger partial charge >= 0.3 is 0 Å². The molecule has 1 amide bonds. The number of H-pyrrole nitrogens is 1. The fourth-order valence-electron chi connectivity index (χ4n) is 3.30. The molecule has 0 radical (unpaired) electrons. The summed E-state index contributed by atoms with van der Waals surface area (Å²) in [4.78, 5) is 24.2. The number of carbonyl (C=O) groups is 1. The van der Waals surface area contributed by atoms with Gasteiger partial charge in [-0.1, -0.05) is 48.5 Å². The maximum Gasteiger partial charge on any atom is 0.272 e. The van der Waals surface area contributed by atoms with Crippen molar-refractivity contribution in [1.29, 1.82) is 0 Å². The van der Waals surface area contributed by atoms with Crippen molar-refractivity contribution < 1.29 is 4.79 Å². The maximum atomic E-state index is 12.4. The standard InChI is InChI=1S/C20H19N3O2/c24-18(21-13-20(10-11-20)14-6-2-1-3-7-14)12-17-15-8-4-5-9-16(15)19(25)23-22-17/h1-9H,10-13H2,(H,21,24)(H,23,25). The Balaban J connectivity index is 1.47. The van der Waals surface area contributed by atoms with E-state index in [0.29, 0.717) is 17.6 Å². The molecule has 5 heteroatoms. The van der Waals surface area contributed by atoms with Crippen molar-refractivity contribution in [2.45, 2.75) is 24.7 Å². The molecule has 1 aliphatic carbocycles. The third-order valence-corrected chi connectivity index (χ3v) is 4.97. The van der Waals surface area contributed by atoms with Crippen LogP contribution in [0.25, 0.3) is 10.8 Å². The van der Waals surface area contributed by atoms with E-state index >= 15 is 0 Å². The molecule has 2 N–H and O–H groups in total. The maximum absolute atomic E-state index is 12.4. The Morgan fingerprint density at radius 3 is 2.44 bits per heavy atom. The fourth-order valence-corrected chi connectivity index (χ4v) is 3.30. The molecule has 0 bridgehead atoms. The summed E-state index contributed by atoms with van der Waals surface area (Å²) in [6.45, 7) is 0.636. The quantitative estimate of drug-likeness (QED) is 0.752. The van der Waals surface area contributed by atoms with E-state index in [4.69, 9.17) is 0 Å². The van der Waals surface area contributed by atoms with Crippen molar-refractivity contribution in [3.8, 4) is 0 Å². The lowest BCUT2D eigenvalue weighted by molar-refractivity contribution is -0.120. The monoisotopic (exact) mass is 333 g/mol. The normalized spacial score (nSPS) is 15.0. The zero-order chi connectivity index (χ0) is 17.3. The van der Waals surface area contributed by atoms with Crippen LogP contribution in [-0.4, -0.2) is 22.6 Å². The average molecular weight is 333 g/mol. The van der Waals surface area contributed by atoms with Gasteiger partial charge < -0.3 is 5.32 Å². The summed E-state index contributed by atoms with van der Waals surface area (Å²) < 4.78 is 0. The molecule has 1 saturated carbocycles. The Bertz CT molecular complexity index is 975. The van der Waals surface area contributed by atoms with Crippen molar-refractivity contribution in [1.82, 2.24) is 15.5 Å². The highest BCUT2D eigenvalue weighted by atomic mass is 16.1. The van der Waals surface area contributed by atoms with E-state index < -0.39 is 0 Å². The van der Waals surface area contributed by atoms with Crippen molar-refractivity contribution in [3.63, 3.8) is 0 Å². The first-order valence-electron chi connectivity index (χ1n) is 8.46. The molecular formula is C20H19N3O2. The van der Waals surface area contributed by atoms with E-state index in [2.05, 4.69) is 27.6 Å². The highest BCUT2D eigenvalue weighted by Crippen LogP contribution is 2.47. The number of nitrogens with one attached hydrogen (secondary N) is 2. The molecule has 0 spiro atoms. The fraction of sp³-hybridized carbons (Fsp3) is 0.250. The second-order valence-electron chi connectivity index (χ2n) is 6.64. The number of hydrogen-bond acceptors (Lipinski definition) is 3. The van der Waals surface area contributed by atoms with Crippen LogP contribution in [0, 0.1) is 0 Å². The SMILES string of the molecule is O=C(Cc1n[nH]c(=O)c2ccccc12)NCC1(c2ccccc2)CC1. The minimum Gasteiger partial charge on any atom is -0.355 e. The molecular weight excluding hydrogens is 314 g/mol. The average Bonchev–Trinajstić information content (AvgIpc) is 3.45. The first-order valence-corrected chi connectivity index (χ1v) is 8.46. The number of aromatic amines is 1. The largest absolute Gasteiger partial charge is 0.355 e. The minimum absolute atomic E-state index is 0.0769. The van der Waals surface area contributed by atoms with Gasteiger partial charge in [-0.15, -0.1) is 0 Å². The molecule has 0 atom stereocenters. The summed E-state index contributed by atoms with van der Waals surface area (Å²) in [5, 5.41) is 10.9. The van der Waals surface area contributed by atoms with Gasteiger partial charge in [-0.2, -0.15) is 5.10 Å². The highest BCUT2D eigenvalue weighted by molar-refractivity contribution is 5.88. The Kier molecular flexibility index (Phi) is 3.84. The van der Waals surface area contributed by atoms with E-state index in [-0.39, 0.29) is 23.3 Å². The van der Waals surface area contributed by atoms with Crippen LogP contribution in [0.15, 0.2) is 59.4 Å². The molecule has 2 aromatic carbocycles. The highest BCUT2D eigenvalue weighted by Gasteiger charge is 2.44. The number of benzene rings is 2. The van der Waals surface area contributed by atoms with Crippen LogP contribution in [0.2, 0.25) is 0 Å². The predicted molar refractivity (Wildman–Crippen MR) is 96.4 cm³/mol. The first-order chi connectivity index (χ1) is 12.2. The van der Waals surface area contributed by atoms with Crippen LogP contribution in [0.1, 0.15) is 24.1 Å². The van der Waals surface area contributed by atoms with Gasteiger partial charge in [0, 0.05) is 17.3 Å². The topological polar surface area (TPSA) is 74.8 Å². The summed E-state index contributed by atoms with van der Waals surface area (Å²) in [5.74, 6) is -0.0769. The van der Waals surface area contributed by atoms with E-state index in [1.54, 1.807) is 12.1 Å². The number of amides is 1. The number of fused-ring (bicyclic) bond motifs is 1. The van der Waals surface area contributed by atoms with Crippen molar-refractivity contribution in [2.75, 3.05) is 6.54 Å². The Hall–Kier alpha value is -2.95. The molecule has 1 aliphatic rings. The number of rotatable bonds is 5. The summed E-state index contributed by atoms with van der Waals surface area (Å²) >= 11 is 0. The molecule has 1 aromatic heterocycles. The molecule has 0 unspecified atom stereocenters. The van der Waals surface area contributed by atoms with Crippen molar-refractivity contribution in [3.05, 3.63) is 76.2 Å². The van der Waals surface area contributed by atoms with Crippen LogP contribution >= 0.6 is 0 Å². The molecule has 4 rings (SSSR count). The van der Waals surface area contributed by atoms with E-state index in [0.717, 1.165) is 18.2 Å². The third kappa shape index (κ3) is 3.05. The lowest BCUT2D eigenvalue weighted by atomic mass is 9.96. The Labute approximate surface area is 145 Å². The predicted octanol–water partition coefficient (Wildman–Crippen LogP) is 2.31. The molecule has 126 valence electrons. The number of aromatic nitrogens is 2. The van der Waals surface area contributed by atoms with Crippen LogP contribution in [0.5, 0.6) is 0 Å². The Morgan fingerprint density at radius 2 is 1.72 bits per heavy atom. The second-order valence-corrected chi connectivity index (χ2v) is 6.64.